The molecule has 1 N–H and O–H groups in total. The highest BCUT2D eigenvalue weighted by molar-refractivity contribution is 9.09. The van der Waals surface area contributed by atoms with Crippen LogP contribution in [0.2, 0.25) is 0 Å². The van der Waals surface area contributed by atoms with Gasteiger partial charge >= 0.3 is 0 Å². The standard InChI is InChI=1S/C14H20BrNO2S/c1-11-7-5-6-10-14(11)19(17,18)16-13-9-4-2-3-8-12(13)15/h5-7,10,12-13,16H,2-4,8-9H2,1H3. The van der Waals surface area contributed by atoms with Gasteiger partial charge in [0.25, 0.3) is 0 Å². The van der Waals surface area contributed by atoms with Crippen LogP contribution in [-0.2, 0) is 10.0 Å². The Hall–Kier alpha value is -0.390. The lowest BCUT2D eigenvalue weighted by molar-refractivity contribution is 0.520. The highest BCUT2D eigenvalue weighted by atomic mass is 79.9. The van der Waals surface area contributed by atoms with Gasteiger partial charge in [-0.05, 0) is 31.4 Å². The SMILES string of the molecule is Cc1ccccc1S(=O)(=O)NC1CCCCCC1Br. The van der Waals surface area contributed by atoms with Crippen LogP contribution < -0.4 is 4.72 Å². The molecule has 0 amide bonds. The van der Waals surface area contributed by atoms with Crippen LogP contribution in [0, 0.1) is 6.92 Å². The molecular weight excluding hydrogens is 326 g/mol. The third-order valence-electron chi connectivity index (χ3n) is 3.62. The Bertz CT molecular complexity index is 530. The van der Waals surface area contributed by atoms with E-state index in [4.69, 9.17) is 0 Å². The smallest absolute Gasteiger partial charge is 0.207 e. The lowest BCUT2D eigenvalue weighted by atomic mass is 10.1. The molecule has 1 aliphatic carbocycles. The van der Waals surface area contributed by atoms with E-state index in [2.05, 4.69) is 20.7 Å². The van der Waals surface area contributed by atoms with Crippen molar-refractivity contribution in [3.05, 3.63) is 29.8 Å². The first kappa shape index (κ1) is 15.0. The first-order valence-corrected chi connectivity index (χ1v) is 9.12. The third kappa shape index (κ3) is 3.80. The van der Waals surface area contributed by atoms with Crippen LogP contribution >= 0.6 is 15.9 Å². The topological polar surface area (TPSA) is 46.2 Å². The van der Waals surface area contributed by atoms with Crippen molar-refractivity contribution in [3.8, 4) is 0 Å². The molecule has 1 fully saturated rings. The zero-order valence-corrected chi connectivity index (χ0v) is 13.5. The van der Waals surface area contributed by atoms with Crippen molar-refractivity contribution in [2.75, 3.05) is 0 Å². The van der Waals surface area contributed by atoms with Crippen LogP contribution in [0.4, 0.5) is 0 Å². The molecule has 106 valence electrons. The van der Waals surface area contributed by atoms with Gasteiger partial charge in [0.2, 0.25) is 10.0 Å². The van der Waals surface area contributed by atoms with Crippen molar-refractivity contribution >= 4 is 26.0 Å². The predicted molar refractivity (Wildman–Crippen MR) is 81.1 cm³/mol. The highest BCUT2D eigenvalue weighted by Gasteiger charge is 2.27. The molecule has 1 aromatic carbocycles. The molecule has 0 bridgehead atoms. The van der Waals surface area contributed by atoms with E-state index in [1.54, 1.807) is 12.1 Å². The number of hydrogen-bond acceptors (Lipinski definition) is 2. The van der Waals surface area contributed by atoms with Crippen molar-refractivity contribution in [2.45, 2.75) is 54.8 Å². The summed E-state index contributed by atoms with van der Waals surface area (Å²) in [4.78, 5) is 0.618. The van der Waals surface area contributed by atoms with Gasteiger partial charge in [0, 0.05) is 10.9 Å². The Kier molecular flexibility index (Phi) is 5.03. The fraction of sp³-hybridized carbons (Fsp3) is 0.571. The molecule has 0 heterocycles. The summed E-state index contributed by atoms with van der Waals surface area (Å²) in [7, 11) is -3.42. The number of alkyl halides is 1. The average molecular weight is 346 g/mol. The Balaban J connectivity index is 2.19. The number of benzene rings is 1. The zero-order valence-electron chi connectivity index (χ0n) is 11.1. The molecule has 3 nitrogen and oxygen atoms in total. The molecule has 0 aliphatic heterocycles. The summed E-state index contributed by atoms with van der Waals surface area (Å²) in [6, 6.07) is 7.10. The molecule has 2 atom stereocenters. The Morgan fingerprint density at radius 1 is 1.16 bits per heavy atom. The van der Waals surface area contributed by atoms with Gasteiger partial charge < -0.3 is 0 Å². The molecule has 0 aromatic heterocycles. The van der Waals surface area contributed by atoms with Crippen LogP contribution in [-0.4, -0.2) is 19.3 Å². The quantitative estimate of drug-likeness (QED) is 0.674. The molecule has 1 saturated carbocycles. The average Bonchev–Trinajstić information content (AvgIpc) is 2.55. The number of rotatable bonds is 3. The second kappa shape index (κ2) is 6.37. The monoisotopic (exact) mass is 345 g/mol. The molecule has 0 spiro atoms. The normalized spacial score (nSPS) is 24.9. The van der Waals surface area contributed by atoms with E-state index in [1.165, 1.54) is 12.8 Å². The summed E-state index contributed by atoms with van der Waals surface area (Å²) < 4.78 is 27.8. The van der Waals surface area contributed by atoms with Gasteiger partial charge in [0.05, 0.1) is 4.90 Å². The molecule has 0 radical (unpaired) electrons. The maximum absolute atomic E-state index is 12.4. The van der Waals surface area contributed by atoms with Crippen molar-refractivity contribution in [3.63, 3.8) is 0 Å². The van der Waals surface area contributed by atoms with Crippen LogP contribution in [0.15, 0.2) is 29.2 Å². The summed E-state index contributed by atoms with van der Waals surface area (Å²) in [6.45, 7) is 1.83. The summed E-state index contributed by atoms with van der Waals surface area (Å²) in [5.41, 5.74) is 0.787. The molecular formula is C14H20BrNO2S. The van der Waals surface area contributed by atoms with Gasteiger partial charge in [0.1, 0.15) is 0 Å². The van der Waals surface area contributed by atoms with E-state index in [0.29, 0.717) is 4.90 Å². The first-order valence-electron chi connectivity index (χ1n) is 6.73. The maximum atomic E-state index is 12.4. The molecule has 2 unspecified atom stereocenters. The third-order valence-corrected chi connectivity index (χ3v) is 6.37. The lowest BCUT2D eigenvalue weighted by Crippen LogP contribution is -2.40. The molecule has 1 aliphatic rings. The number of hydrogen-bond donors (Lipinski definition) is 1. The number of sulfonamides is 1. The minimum atomic E-state index is -3.42. The first-order chi connectivity index (χ1) is 9.00. The predicted octanol–water partition coefficient (Wildman–Crippen LogP) is 3.37. The van der Waals surface area contributed by atoms with Gasteiger partial charge in [0.15, 0.2) is 0 Å². The van der Waals surface area contributed by atoms with Crippen LogP contribution in [0.1, 0.15) is 37.7 Å². The molecule has 5 heteroatoms. The lowest BCUT2D eigenvalue weighted by Gasteiger charge is -2.21. The van der Waals surface area contributed by atoms with Gasteiger partial charge in [-0.25, -0.2) is 13.1 Å². The number of nitrogens with one attached hydrogen (secondary N) is 1. The molecule has 1 aromatic rings. The summed E-state index contributed by atoms with van der Waals surface area (Å²) in [6.07, 6.45) is 5.37. The second-order valence-electron chi connectivity index (χ2n) is 5.15. The van der Waals surface area contributed by atoms with E-state index in [-0.39, 0.29) is 10.9 Å². The van der Waals surface area contributed by atoms with Gasteiger partial charge in [-0.2, -0.15) is 0 Å². The Morgan fingerprint density at radius 2 is 1.84 bits per heavy atom. The maximum Gasteiger partial charge on any atom is 0.241 e. The number of halogens is 1. The number of aryl methyl sites for hydroxylation is 1. The van der Waals surface area contributed by atoms with E-state index in [9.17, 15) is 8.42 Å². The zero-order chi connectivity index (χ0) is 13.9. The Labute approximate surface area is 124 Å². The molecule has 19 heavy (non-hydrogen) atoms. The highest BCUT2D eigenvalue weighted by Crippen LogP contribution is 2.25. The van der Waals surface area contributed by atoms with E-state index in [1.807, 2.05) is 19.1 Å². The van der Waals surface area contributed by atoms with Crippen LogP contribution in [0.5, 0.6) is 0 Å². The van der Waals surface area contributed by atoms with Gasteiger partial charge in [-0.3, -0.25) is 0 Å². The van der Waals surface area contributed by atoms with Crippen molar-refractivity contribution in [1.29, 1.82) is 0 Å². The second-order valence-corrected chi connectivity index (χ2v) is 8.01. The largest absolute Gasteiger partial charge is 0.241 e. The minimum absolute atomic E-state index is 0.00731. The fourth-order valence-corrected chi connectivity index (χ4v) is 4.97. The van der Waals surface area contributed by atoms with Crippen molar-refractivity contribution < 1.29 is 8.42 Å². The van der Waals surface area contributed by atoms with E-state index < -0.39 is 10.0 Å². The van der Waals surface area contributed by atoms with Crippen LogP contribution in [0.3, 0.4) is 0 Å². The van der Waals surface area contributed by atoms with E-state index >= 15 is 0 Å². The molecule has 2 rings (SSSR count). The molecule has 0 saturated heterocycles. The van der Waals surface area contributed by atoms with Crippen molar-refractivity contribution in [1.82, 2.24) is 4.72 Å². The van der Waals surface area contributed by atoms with Gasteiger partial charge in [-0.1, -0.05) is 53.4 Å². The minimum Gasteiger partial charge on any atom is -0.207 e. The van der Waals surface area contributed by atoms with E-state index in [0.717, 1.165) is 24.8 Å². The Morgan fingerprint density at radius 3 is 2.58 bits per heavy atom. The van der Waals surface area contributed by atoms with Gasteiger partial charge in [-0.15, -0.1) is 0 Å². The van der Waals surface area contributed by atoms with Crippen LogP contribution in [0.25, 0.3) is 0 Å². The summed E-state index contributed by atoms with van der Waals surface area (Å²) in [5.74, 6) is 0. The summed E-state index contributed by atoms with van der Waals surface area (Å²) >= 11 is 3.62. The van der Waals surface area contributed by atoms with Crippen molar-refractivity contribution in [2.24, 2.45) is 0 Å². The summed E-state index contributed by atoms with van der Waals surface area (Å²) in [5, 5.41) is 0. The fourth-order valence-electron chi connectivity index (χ4n) is 2.52.